The number of H-pyrrole nitrogens is 1. The highest BCUT2D eigenvalue weighted by atomic mass is 16.1. The summed E-state index contributed by atoms with van der Waals surface area (Å²) in [6.45, 7) is 11.5. The fourth-order valence-corrected chi connectivity index (χ4v) is 3.01. The average molecular weight is 292 g/mol. The molecule has 0 aliphatic carbocycles. The number of hydrogen-bond acceptors (Lipinski definition) is 4. The molecule has 1 aromatic rings. The fourth-order valence-electron chi connectivity index (χ4n) is 3.01. The molecule has 21 heavy (non-hydrogen) atoms. The van der Waals surface area contributed by atoms with E-state index in [9.17, 15) is 4.79 Å². The average Bonchev–Trinajstić information content (AvgIpc) is 2.47. The molecule has 1 fully saturated rings. The van der Waals surface area contributed by atoms with E-state index in [4.69, 9.17) is 0 Å². The number of nitrogens with one attached hydrogen (secondary N) is 2. The van der Waals surface area contributed by atoms with E-state index in [1.807, 2.05) is 13.8 Å². The summed E-state index contributed by atoms with van der Waals surface area (Å²) in [7, 11) is 0. The van der Waals surface area contributed by atoms with Crippen LogP contribution >= 0.6 is 0 Å². The molecular formula is C16H28N4O. The van der Waals surface area contributed by atoms with Crippen LogP contribution in [-0.2, 0) is 0 Å². The molecule has 5 nitrogen and oxygen atoms in total. The van der Waals surface area contributed by atoms with Gasteiger partial charge < -0.3 is 15.2 Å². The van der Waals surface area contributed by atoms with E-state index in [-0.39, 0.29) is 11.5 Å². The van der Waals surface area contributed by atoms with Gasteiger partial charge in [0.2, 0.25) is 0 Å². The molecule has 0 saturated carbocycles. The summed E-state index contributed by atoms with van der Waals surface area (Å²) < 4.78 is 0. The molecule has 5 heteroatoms. The second-order valence-corrected chi connectivity index (χ2v) is 6.34. The highest BCUT2D eigenvalue weighted by Crippen LogP contribution is 2.23. The lowest BCUT2D eigenvalue weighted by Crippen LogP contribution is -2.45. The summed E-state index contributed by atoms with van der Waals surface area (Å²) in [5, 5.41) is 3.51. The van der Waals surface area contributed by atoms with Gasteiger partial charge in [-0.2, -0.15) is 0 Å². The molecule has 2 atom stereocenters. The first-order valence-electron chi connectivity index (χ1n) is 8.10. The minimum atomic E-state index is -0.0504. The number of nitrogens with zero attached hydrogens (tertiary/aromatic N) is 2. The van der Waals surface area contributed by atoms with E-state index in [1.165, 1.54) is 6.42 Å². The van der Waals surface area contributed by atoms with Gasteiger partial charge in [0.05, 0.1) is 0 Å². The first-order valence-corrected chi connectivity index (χ1v) is 8.10. The summed E-state index contributed by atoms with van der Waals surface area (Å²) >= 11 is 0. The van der Waals surface area contributed by atoms with Crippen molar-refractivity contribution in [3.05, 3.63) is 22.2 Å². The van der Waals surface area contributed by atoms with Gasteiger partial charge in [-0.3, -0.25) is 4.79 Å². The Kier molecular flexibility index (Phi) is 5.39. The molecule has 2 rings (SSSR count). The minimum Gasteiger partial charge on any atom is -0.356 e. The van der Waals surface area contributed by atoms with Crippen molar-refractivity contribution in [2.24, 2.45) is 5.92 Å². The summed E-state index contributed by atoms with van der Waals surface area (Å²) in [6.07, 6.45) is 2.40. The van der Waals surface area contributed by atoms with Crippen LogP contribution in [0.1, 0.15) is 52.3 Å². The zero-order valence-electron chi connectivity index (χ0n) is 13.6. The van der Waals surface area contributed by atoms with Crippen molar-refractivity contribution < 1.29 is 0 Å². The van der Waals surface area contributed by atoms with Gasteiger partial charge in [0.1, 0.15) is 11.6 Å². The first-order chi connectivity index (χ1) is 10.0. The minimum absolute atomic E-state index is 0.0504. The molecule has 2 N–H and O–H groups in total. The summed E-state index contributed by atoms with van der Waals surface area (Å²) in [5.74, 6) is 2.46. The van der Waals surface area contributed by atoms with Gasteiger partial charge in [-0.15, -0.1) is 0 Å². The molecule has 118 valence electrons. The topological polar surface area (TPSA) is 61.0 Å². The quantitative estimate of drug-likeness (QED) is 0.872. The first kappa shape index (κ1) is 16.0. The largest absolute Gasteiger partial charge is 0.356 e. The number of hydrogen-bond donors (Lipinski definition) is 2. The van der Waals surface area contributed by atoms with E-state index in [0.29, 0.717) is 12.0 Å². The van der Waals surface area contributed by atoms with Gasteiger partial charge in [-0.1, -0.05) is 20.8 Å². The molecule has 1 aliphatic heterocycles. The van der Waals surface area contributed by atoms with Crippen molar-refractivity contribution >= 4 is 5.82 Å². The van der Waals surface area contributed by atoms with Crippen molar-refractivity contribution in [1.82, 2.24) is 15.3 Å². The van der Waals surface area contributed by atoms with Crippen molar-refractivity contribution in [1.29, 1.82) is 0 Å². The Hall–Kier alpha value is -1.36. The molecule has 2 heterocycles. The molecular weight excluding hydrogens is 264 g/mol. The predicted molar refractivity (Wildman–Crippen MR) is 87.0 cm³/mol. The molecule has 1 saturated heterocycles. The standard InChI is InChI=1S/C16H28N4O/c1-5-17-12(4)13-7-6-8-20(10-13)14-9-15(21)19-16(18-14)11(2)3/h9,11-13,17H,5-8,10H2,1-4H3,(H,18,19,21). The Morgan fingerprint density at radius 2 is 2.24 bits per heavy atom. The van der Waals surface area contributed by atoms with Crippen LogP contribution in [0.25, 0.3) is 0 Å². The van der Waals surface area contributed by atoms with Gasteiger partial charge in [-0.25, -0.2) is 4.98 Å². The predicted octanol–water partition coefficient (Wildman–Crippen LogP) is 2.11. The van der Waals surface area contributed by atoms with Gasteiger partial charge in [0, 0.05) is 31.1 Å². The normalized spacial score (nSPS) is 20.8. The number of rotatable bonds is 5. The molecule has 0 amide bonds. The fraction of sp³-hybridized carbons (Fsp3) is 0.750. The summed E-state index contributed by atoms with van der Waals surface area (Å²) in [4.78, 5) is 21.6. The Morgan fingerprint density at radius 3 is 2.90 bits per heavy atom. The van der Waals surface area contributed by atoms with Gasteiger partial charge >= 0.3 is 0 Å². The molecule has 0 aromatic carbocycles. The van der Waals surface area contributed by atoms with Crippen molar-refractivity contribution in [2.45, 2.75) is 52.5 Å². The molecule has 1 aromatic heterocycles. The third-order valence-corrected chi connectivity index (χ3v) is 4.31. The van der Waals surface area contributed by atoms with Crippen LogP contribution < -0.4 is 15.8 Å². The monoisotopic (exact) mass is 292 g/mol. The lowest BCUT2D eigenvalue weighted by molar-refractivity contribution is 0.323. The van der Waals surface area contributed by atoms with Crippen molar-refractivity contribution in [3.8, 4) is 0 Å². The van der Waals surface area contributed by atoms with Crippen LogP contribution in [0.3, 0.4) is 0 Å². The number of aromatic nitrogens is 2. The van der Waals surface area contributed by atoms with E-state index >= 15 is 0 Å². The zero-order chi connectivity index (χ0) is 15.4. The smallest absolute Gasteiger partial charge is 0.252 e. The van der Waals surface area contributed by atoms with Crippen LogP contribution in [0.5, 0.6) is 0 Å². The maximum absolute atomic E-state index is 11.8. The number of piperidine rings is 1. The molecule has 0 bridgehead atoms. The second-order valence-electron chi connectivity index (χ2n) is 6.34. The van der Waals surface area contributed by atoms with Crippen LogP contribution in [-0.4, -0.2) is 35.6 Å². The second kappa shape index (κ2) is 7.07. The lowest BCUT2D eigenvalue weighted by atomic mass is 9.91. The Bertz CT molecular complexity index is 511. The van der Waals surface area contributed by atoms with E-state index in [1.54, 1.807) is 6.07 Å². The highest BCUT2D eigenvalue weighted by Gasteiger charge is 2.25. The SMILES string of the molecule is CCNC(C)C1CCCN(c2cc(=O)[nH]c(C(C)C)n2)C1. The van der Waals surface area contributed by atoms with Crippen LogP contribution in [0.15, 0.2) is 10.9 Å². The highest BCUT2D eigenvalue weighted by molar-refractivity contribution is 5.38. The summed E-state index contributed by atoms with van der Waals surface area (Å²) in [6, 6.07) is 2.14. The Morgan fingerprint density at radius 1 is 1.48 bits per heavy atom. The third kappa shape index (κ3) is 4.06. The Balaban J connectivity index is 2.16. The summed E-state index contributed by atoms with van der Waals surface area (Å²) in [5.41, 5.74) is -0.0504. The van der Waals surface area contributed by atoms with Gasteiger partial charge in [0.15, 0.2) is 0 Å². The zero-order valence-corrected chi connectivity index (χ0v) is 13.6. The molecule has 0 spiro atoms. The van der Waals surface area contributed by atoms with Crippen molar-refractivity contribution in [2.75, 3.05) is 24.5 Å². The Labute approximate surface area is 127 Å². The van der Waals surface area contributed by atoms with E-state index in [2.05, 4.69) is 34.0 Å². The third-order valence-electron chi connectivity index (χ3n) is 4.31. The van der Waals surface area contributed by atoms with Crippen LogP contribution in [0, 0.1) is 5.92 Å². The van der Waals surface area contributed by atoms with Crippen molar-refractivity contribution in [3.63, 3.8) is 0 Å². The van der Waals surface area contributed by atoms with E-state index < -0.39 is 0 Å². The van der Waals surface area contributed by atoms with Crippen LogP contribution in [0.4, 0.5) is 5.82 Å². The number of anilines is 1. The molecule has 1 aliphatic rings. The number of aromatic amines is 1. The lowest BCUT2D eigenvalue weighted by Gasteiger charge is -2.36. The maximum atomic E-state index is 11.8. The van der Waals surface area contributed by atoms with Gasteiger partial charge in [-0.05, 0) is 32.2 Å². The van der Waals surface area contributed by atoms with E-state index in [0.717, 1.165) is 37.7 Å². The molecule has 2 unspecified atom stereocenters. The molecule has 0 radical (unpaired) electrons. The maximum Gasteiger partial charge on any atom is 0.252 e. The van der Waals surface area contributed by atoms with Crippen LogP contribution in [0.2, 0.25) is 0 Å². The van der Waals surface area contributed by atoms with Gasteiger partial charge in [0.25, 0.3) is 5.56 Å².